The van der Waals surface area contributed by atoms with Crippen molar-refractivity contribution in [1.82, 2.24) is 14.7 Å². The highest BCUT2D eigenvalue weighted by Crippen LogP contribution is 2.17. The van der Waals surface area contributed by atoms with E-state index >= 15 is 0 Å². The molecule has 0 bridgehead atoms. The lowest BCUT2D eigenvalue weighted by Crippen LogP contribution is -2.28. The van der Waals surface area contributed by atoms with Crippen LogP contribution in [0.25, 0.3) is 5.69 Å². The van der Waals surface area contributed by atoms with Crippen molar-refractivity contribution in [1.29, 1.82) is 0 Å². The van der Waals surface area contributed by atoms with Gasteiger partial charge in [-0.3, -0.25) is 4.79 Å². The molecule has 0 radical (unpaired) electrons. The van der Waals surface area contributed by atoms with Gasteiger partial charge in [0.1, 0.15) is 11.5 Å². The molecule has 7 heteroatoms. The lowest BCUT2D eigenvalue weighted by atomic mass is 10.2. The Kier molecular flexibility index (Phi) is 4.38. The number of aromatic nitrogens is 2. The summed E-state index contributed by atoms with van der Waals surface area (Å²) < 4.78 is 6.60. The van der Waals surface area contributed by atoms with Crippen molar-refractivity contribution in [2.75, 3.05) is 7.05 Å². The van der Waals surface area contributed by atoms with Gasteiger partial charge in [-0.2, -0.15) is 5.10 Å². The Hall–Kier alpha value is -3.35. The Morgan fingerprint density at radius 3 is 2.56 bits per heavy atom. The molecule has 0 spiro atoms. The predicted molar refractivity (Wildman–Crippen MR) is 89.8 cm³/mol. The topological polar surface area (TPSA) is 88.6 Å². The molecule has 0 unspecified atom stereocenters. The van der Waals surface area contributed by atoms with Crippen LogP contribution in [0.5, 0.6) is 0 Å². The molecule has 0 saturated heterocycles. The van der Waals surface area contributed by atoms with E-state index in [2.05, 4.69) is 5.10 Å². The molecule has 0 fully saturated rings. The highest BCUT2D eigenvalue weighted by Gasteiger charge is 2.23. The first-order valence-electron chi connectivity index (χ1n) is 7.64. The monoisotopic (exact) mass is 339 g/mol. The zero-order chi connectivity index (χ0) is 18.0. The minimum atomic E-state index is -1.18. The number of carbonyl (C=O) groups excluding carboxylic acids is 1. The summed E-state index contributed by atoms with van der Waals surface area (Å²) in [7, 11) is 1.65. The van der Waals surface area contributed by atoms with Crippen LogP contribution in [0.4, 0.5) is 0 Å². The lowest BCUT2D eigenvalue weighted by molar-refractivity contribution is 0.0689. The fourth-order valence-electron chi connectivity index (χ4n) is 2.50. The zero-order valence-corrected chi connectivity index (χ0v) is 13.8. The van der Waals surface area contributed by atoms with E-state index in [1.807, 2.05) is 13.0 Å². The Morgan fingerprint density at radius 2 is 1.96 bits per heavy atom. The zero-order valence-electron chi connectivity index (χ0n) is 13.8. The number of carboxylic acids is 1. The van der Waals surface area contributed by atoms with E-state index in [0.29, 0.717) is 12.2 Å². The van der Waals surface area contributed by atoms with Crippen molar-refractivity contribution >= 4 is 11.9 Å². The number of rotatable bonds is 5. The van der Waals surface area contributed by atoms with Gasteiger partial charge in [0.15, 0.2) is 5.69 Å². The summed E-state index contributed by atoms with van der Waals surface area (Å²) in [6.45, 7) is 2.17. The average molecular weight is 339 g/mol. The molecule has 128 valence electrons. The third-order valence-corrected chi connectivity index (χ3v) is 3.87. The summed E-state index contributed by atoms with van der Waals surface area (Å²) in [5.41, 5.74) is 1.51. The fourth-order valence-corrected chi connectivity index (χ4v) is 2.50. The molecule has 0 aliphatic heterocycles. The van der Waals surface area contributed by atoms with Crippen LogP contribution in [0.1, 0.15) is 32.3 Å². The number of aromatic carboxylic acids is 1. The van der Waals surface area contributed by atoms with Gasteiger partial charge in [-0.25, -0.2) is 9.48 Å². The molecule has 2 heterocycles. The first-order valence-corrected chi connectivity index (χ1v) is 7.64. The Labute approximate surface area is 144 Å². The second-order valence-corrected chi connectivity index (χ2v) is 5.63. The molecule has 2 aromatic heterocycles. The van der Waals surface area contributed by atoms with E-state index in [4.69, 9.17) is 4.42 Å². The highest BCUT2D eigenvalue weighted by atomic mass is 16.4. The third-order valence-electron chi connectivity index (χ3n) is 3.87. The summed E-state index contributed by atoms with van der Waals surface area (Å²) in [6, 6.07) is 12.0. The highest BCUT2D eigenvalue weighted by molar-refractivity contribution is 5.96. The van der Waals surface area contributed by atoms with Crippen molar-refractivity contribution in [2.24, 2.45) is 0 Å². The summed E-state index contributed by atoms with van der Waals surface area (Å²) in [4.78, 5) is 25.6. The van der Waals surface area contributed by atoms with Crippen LogP contribution >= 0.6 is 0 Å². The van der Waals surface area contributed by atoms with Gasteiger partial charge >= 0.3 is 5.97 Å². The maximum Gasteiger partial charge on any atom is 0.356 e. The van der Waals surface area contributed by atoms with Crippen LogP contribution in [0, 0.1) is 6.92 Å². The molecule has 1 N–H and O–H groups in total. The second-order valence-electron chi connectivity index (χ2n) is 5.63. The van der Waals surface area contributed by atoms with Crippen LogP contribution in [0.15, 0.2) is 53.1 Å². The summed E-state index contributed by atoms with van der Waals surface area (Å²) >= 11 is 0. The molecule has 3 rings (SSSR count). The number of carboxylic acid groups (broad SMARTS) is 1. The number of benzene rings is 1. The number of hydrogen-bond acceptors (Lipinski definition) is 4. The molecule has 1 amide bonds. The number of carbonyl (C=O) groups is 2. The SMILES string of the molecule is Cc1occc1CN(C)C(=O)c1cc(C(=O)O)nn1-c1ccccc1. The Balaban J connectivity index is 1.96. The second kappa shape index (κ2) is 6.64. The molecule has 0 aliphatic rings. The fraction of sp³-hybridized carbons (Fsp3) is 0.167. The Bertz CT molecular complexity index is 912. The van der Waals surface area contributed by atoms with Gasteiger partial charge in [0, 0.05) is 25.2 Å². The lowest BCUT2D eigenvalue weighted by Gasteiger charge is -2.17. The van der Waals surface area contributed by atoms with Gasteiger partial charge in [0.05, 0.1) is 12.0 Å². The van der Waals surface area contributed by atoms with E-state index in [1.54, 1.807) is 43.6 Å². The molecule has 0 saturated carbocycles. The number of aryl methyl sites for hydroxylation is 1. The smallest absolute Gasteiger partial charge is 0.356 e. The van der Waals surface area contributed by atoms with Crippen molar-refractivity contribution in [3.63, 3.8) is 0 Å². The average Bonchev–Trinajstić information content (AvgIpc) is 3.22. The minimum Gasteiger partial charge on any atom is -0.476 e. The van der Waals surface area contributed by atoms with Crippen LogP contribution in [0.3, 0.4) is 0 Å². The maximum absolute atomic E-state index is 12.9. The van der Waals surface area contributed by atoms with E-state index in [-0.39, 0.29) is 17.3 Å². The van der Waals surface area contributed by atoms with Gasteiger partial charge in [0.25, 0.3) is 5.91 Å². The quantitative estimate of drug-likeness (QED) is 0.772. The summed E-state index contributed by atoms with van der Waals surface area (Å²) in [5, 5.41) is 13.3. The first kappa shape index (κ1) is 16.5. The van der Waals surface area contributed by atoms with Crippen LogP contribution < -0.4 is 0 Å². The van der Waals surface area contributed by atoms with Gasteiger partial charge in [-0.15, -0.1) is 0 Å². The van der Waals surface area contributed by atoms with E-state index in [1.165, 1.54) is 15.6 Å². The minimum absolute atomic E-state index is 0.180. The predicted octanol–water partition coefficient (Wildman–Crippen LogP) is 2.74. The Morgan fingerprint density at radius 1 is 1.24 bits per heavy atom. The van der Waals surface area contributed by atoms with Gasteiger partial charge in [0.2, 0.25) is 0 Å². The van der Waals surface area contributed by atoms with Gasteiger partial charge < -0.3 is 14.4 Å². The molecule has 1 aromatic carbocycles. The normalized spacial score (nSPS) is 10.6. The van der Waals surface area contributed by atoms with Crippen molar-refractivity contribution in [3.8, 4) is 5.69 Å². The van der Waals surface area contributed by atoms with Crippen LogP contribution in [0.2, 0.25) is 0 Å². The number of furan rings is 1. The molecule has 0 atom stereocenters. The molecule has 0 aliphatic carbocycles. The van der Waals surface area contributed by atoms with Crippen LogP contribution in [-0.4, -0.2) is 38.7 Å². The van der Waals surface area contributed by atoms with Crippen molar-refractivity contribution in [3.05, 3.63) is 71.4 Å². The van der Waals surface area contributed by atoms with E-state index < -0.39 is 5.97 Å². The number of hydrogen-bond donors (Lipinski definition) is 1. The largest absolute Gasteiger partial charge is 0.476 e. The van der Waals surface area contributed by atoms with Gasteiger partial charge in [-0.1, -0.05) is 18.2 Å². The number of amides is 1. The molecular weight excluding hydrogens is 322 g/mol. The number of para-hydroxylation sites is 1. The first-order chi connectivity index (χ1) is 12.0. The third kappa shape index (κ3) is 3.30. The van der Waals surface area contributed by atoms with Crippen molar-refractivity contribution < 1.29 is 19.1 Å². The standard InChI is InChI=1S/C18H17N3O4/c1-12-13(8-9-25-12)11-20(2)17(22)16-10-15(18(23)24)19-21(16)14-6-4-3-5-7-14/h3-10H,11H2,1-2H3,(H,23,24). The van der Waals surface area contributed by atoms with Crippen LogP contribution in [-0.2, 0) is 6.54 Å². The van der Waals surface area contributed by atoms with E-state index in [0.717, 1.165) is 11.3 Å². The van der Waals surface area contributed by atoms with E-state index in [9.17, 15) is 14.7 Å². The van der Waals surface area contributed by atoms with Gasteiger partial charge in [-0.05, 0) is 25.1 Å². The molecular formula is C18H17N3O4. The molecule has 7 nitrogen and oxygen atoms in total. The molecule has 3 aromatic rings. The van der Waals surface area contributed by atoms with Crippen molar-refractivity contribution in [2.45, 2.75) is 13.5 Å². The summed E-state index contributed by atoms with van der Waals surface area (Å²) in [6.07, 6.45) is 1.57. The number of nitrogens with zero attached hydrogens (tertiary/aromatic N) is 3. The maximum atomic E-state index is 12.9. The summed E-state index contributed by atoms with van der Waals surface area (Å²) in [5.74, 6) is -0.774. The molecule has 25 heavy (non-hydrogen) atoms.